The van der Waals surface area contributed by atoms with Crippen LogP contribution >= 0.6 is 11.3 Å². The molecule has 0 aliphatic rings. The molecule has 2 aromatic rings. The van der Waals surface area contributed by atoms with E-state index in [4.69, 9.17) is 4.52 Å². The van der Waals surface area contributed by atoms with Gasteiger partial charge in [0.2, 0.25) is 0 Å². The van der Waals surface area contributed by atoms with Gasteiger partial charge in [0.15, 0.2) is 11.7 Å². The topological polar surface area (TPSA) is 75.3 Å². The van der Waals surface area contributed by atoms with Crippen LogP contribution in [0.15, 0.2) is 21.0 Å². The van der Waals surface area contributed by atoms with Crippen LogP contribution in [-0.4, -0.2) is 29.2 Å². The zero-order valence-corrected chi connectivity index (χ0v) is 16.4. The molecular formula is C18H29N5OS. The average Bonchev–Trinajstić information content (AvgIpc) is 3.21. The second-order valence-electron chi connectivity index (χ2n) is 6.33. The number of thiazole rings is 1. The molecular weight excluding hydrogens is 334 g/mol. The van der Waals surface area contributed by atoms with Crippen LogP contribution in [0.1, 0.15) is 61.7 Å². The summed E-state index contributed by atoms with van der Waals surface area (Å²) in [5, 5.41) is 14.0. The van der Waals surface area contributed by atoms with E-state index in [1.807, 2.05) is 13.0 Å². The van der Waals surface area contributed by atoms with E-state index in [1.165, 1.54) is 5.01 Å². The van der Waals surface area contributed by atoms with Crippen molar-refractivity contribution in [3.8, 4) is 0 Å². The number of nitrogens with one attached hydrogen (secondary N) is 2. The minimum atomic E-state index is 0.370. The number of aromatic nitrogens is 2. The highest BCUT2D eigenvalue weighted by Gasteiger charge is 2.07. The maximum atomic E-state index is 5.33. The Kier molecular flexibility index (Phi) is 7.91. The van der Waals surface area contributed by atoms with Gasteiger partial charge in [0.1, 0.15) is 6.54 Å². The number of hydrogen-bond donors (Lipinski definition) is 2. The lowest BCUT2D eigenvalue weighted by Gasteiger charge is -2.10. The lowest BCUT2D eigenvalue weighted by molar-refractivity contribution is 0.376. The van der Waals surface area contributed by atoms with E-state index in [-0.39, 0.29) is 0 Å². The van der Waals surface area contributed by atoms with Crippen LogP contribution in [0.2, 0.25) is 0 Å². The predicted molar refractivity (Wildman–Crippen MR) is 103 cm³/mol. The molecule has 6 nitrogen and oxygen atoms in total. The molecule has 0 amide bonds. The second kappa shape index (κ2) is 10.2. The molecule has 0 radical (unpaired) electrons. The lowest BCUT2D eigenvalue weighted by atomic mass is 10.1. The van der Waals surface area contributed by atoms with Crippen molar-refractivity contribution < 1.29 is 4.52 Å². The number of aliphatic imine (C=N–C) groups is 1. The molecule has 0 saturated carbocycles. The molecule has 2 N–H and O–H groups in total. The Hall–Kier alpha value is -1.89. The average molecular weight is 364 g/mol. The quantitative estimate of drug-likeness (QED) is 0.404. The molecule has 0 aliphatic heterocycles. The largest absolute Gasteiger partial charge is 0.359 e. The molecule has 2 rings (SSSR count). The van der Waals surface area contributed by atoms with Gasteiger partial charge in [-0.2, -0.15) is 0 Å². The van der Waals surface area contributed by atoms with Crippen molar-refractivity contribution in [1.82, 2.24) is 20.8 Å². The molecule has 0 spiro atoms. The van der Waals surface area contributed by atoms with E-state index in [0.29, 0.717) is 12.5 Å². The fraction of sp³-hybridized carbons (Fsp3) is 0.611. The smallest absolute Gasteiger partial charge is 0.191 e. The van der Waals surface area contributed by atoms with Gasteiger partial charge in [-0.3, -0.25) is 0 Å². The van der Waals surface area contributed by atoms with Crippen molar-refractivity contribution in [2.75, 3.05) is 13.1 Å². The van der Waals surface area contributed by atoms with Crippen molar-refractivity contribution in [1.29, 1.82) is 0 Å². The first-order chi connectivity index (χ1) is 12.1. The minimum absolute atomic E-state index is 0.370. The lowest BCUT2D eigenvalue weighted by Crippen LogP contribution is -2.37. The molecule has 0 unspecified atom stereocenters. The molecule has 0 atom stereocenters. The fourth-order valence-corrected chi connectivity index (χ4v) is 3.12. The third-order valence-corrected chi connectivity index (χ3v) is 4.71. The second-order valence-corrected chi connectivity index (χ2v) is 7.28. The molecule has 2 aromatic heterocycles. The van der Waals surface area contributed by atoms with Crippen LogP contribution in [-0.2, 0) is 13.0 Å². The first-order valence-corrected chi connectivity index (χ1v) is 9.85. The van der Waals surface area contributed by atoms with E-state index in [9.17, 15) is 0 Å². The summed E-state index contributed by atoms with van der Waals surface area (Å²) in [4.78, 5) is 9.06. The fourth-order valence-electron chi connectivity index (χ4n) is 2.30. The van der Waals surface area contributed by atoms with Crippen LogP contribution in [0.25, 0.3) is 0 Å². The number of hydrogen-bond acceptors (Lipinski definition) is 5. The van der Waals surface area contributed by atoms with Gasteiger partial charge in [0.05, 0.1) is 10.7 Å². The summed E-state index contributed by atoms with van der Waals surface area (Å²) in [5.74, 6) is 1.98. The van der Waals surface area contributed by atoms with Crippen molar-refractivity contribution in [2.45, 2.75) is 59.4 Å². The maximum Gasteiger partial charge on any atom is 0.191 e. The molecule has 0 aliphatic carbocycles. The van der Waals surface area contributed by atoms with Gasteiger partial charge in [-0.1, -0.05) is 19.0 Å². The number of unbranched alkanes of at least 4 members (excludes halogenated alkanes) is 1. The first kappa shape index (κ1) is 19.4. The summed E-state index contributed by atoms with van der Waals surface area (Å²) in [6.07, 6.45) is 3.26. The SMILES string of the molecule is CCNC(=NCc1cc(C(C)C)no1)NCCCCc1nc(C)cs1. The zero-order valence-electron chi connectivity index (χ0n) is 15.6. The number of nitrogens with zero attached hydrogens (tertiary/aromatic N) is 3. The van der Waals surface area contributed by atoms with E-state index in [1.54, 1.807) is 11.3 Å². The van der Waals surface area contributed by atoms with Crippen LogP contribution in [0.3, 0.4) is 0 Å². The van der Waals surface area contributed by atoms with Crippen LogP contribution in [0.5, 0.6) is 0 Å². The Bertz CT molecular complexity index is 662. The van der Waals surface area contributed by atoms with Crippen molar-refractivity contribution in [3.63, 3.8) is 0 Å². The van der Waals surface area contributed by atoms with Gasteiger partial charge < -0.3 is 15.2 Å². The summed E-state index contributed by atoms with van der Waals surface area (Å²) >= 11 is 1.75. The molecule has 0 fully saturated rings. The van der Waals surface area contributed by atoms with Crippen molar-refractivity contribution >= 4 is 17.3 Å². The third-order valence-electron chi connectivity index (χ3n) is 3.68. The Morgan fingerprint density at radius 2 is 2.16 bits per heavy atom. The summed E-state index contributed by atoms with van der Waals surface area (Å²) in [5.41, 5.74) is 2.09. The number of guanidine groups is 1. The number of aryl methyl sites for hydroxylation is 2. The van der Waals surface area contributed by atoms with Gasteiger partial charge in [-0.15, -0.1) is 11.3 Å². The van der Waals surface area contributed by atoms with Gasteiger partial charge in [0.25, 0.3) is 0 Å². The molecule has 2 heterocycles. The minimum Gasteiger partial charge on any atom is -0.359 e. The van der Waals surface area contributed by atoms with E-state index in [0.717, 1.165) is 55.5 Å². The highest BCUT2D eigenvalue weighted by atomic mass is 32.1. The maximum absolute atomic E-state index is 5.33. The normalized spacial score (nSPS) is 12.0. The Balaban J connectivity index is 1.73. The summed E-state index contributed by atoms with van der Waals surface area (Å²) < 4.78 is 5.33. The molecule has 138 valence electrons. The predicted octanol–water partition coefficient (Wildman–Crippen LogP) is 3.64. The summed E-state index contributed by atoms with van der Waals surface area (Å²) in [7, 11) is 0. The van der Waals surface area contributed by atoms with Gasteiger partial charge in [0, 0.05) is 30.2 Å². The Morgan fingerprint density at radius 3 is 2.80 bits per heavy atom. The third kappa shape index (κ3) is 6.86. The van der Waals surface area contributed by atoms with Crippen molar-refractivity contribution in [3.05, 3.63) is 33.6 Å². The molecule has 0 bridgehead atoms. The standard InChI is InChI=1S/C18H29N5OS/c1-5-19-18(21-11-15-10-16(13(2)3)23-24-15)20-9-7-6-8-17-22-14(4)12-25-17/h10,12-13H,5-9,11H2,1-4H3,(H2,19,20,21). The highest BCUT2D eigenvalue weighted by Crippen LogP contribution is 2.14. The Morgan fingerprint density at radius 1 is 1.32 bits per heavy atom. The van der Waals surface area contributed by atoms with Crippen molar-refractivity contribution in [2.24, 2.45) is 4.99 Å². The summed E-state index contributed by atoms with van der Waals surface area (Å²) in [6, 6.07) is 1.98. The van der Waals surface area contributed by atoms with Gasteiger partial charge in [-0.05, 0) is 39.0 Å². The van der Waals surface area contributed by atoms with Crippen LogP contribution < -0.4 is 10.6 Å². The molecule has 0 saturated heterocycles. The summed E-state index contributed by atoms with van der Waals surface area (Å²) in [6.45, 7) is 10.5. The molecule has 25 heavy (non-hydrogen) atoms. The van der Waals surface area contributed by atoms with E-state index >= 15 is 0 Å². The molecule has 0 aromatic carbocycles. The van der Waals surface area contributed by atoms with E-state index < -0.39 is 0 Å². The van der Waals surface area contributed by atoms with Crippen LogP contribution in [0, 0.1) is 6.92 Å². The highest BCUT2D eigenvalue weighted by molar-refractivity contribution is 7.09. The number of rotatable bonds is 9. The van der Waals surface area contributed by atoms with E-state index in [2.05, 4.69) is 51.9 Å². The monoisotopic (exact) mass is 363 g/mol. The van der Waals surface area contributed by atoms with Gasteiger partial charge in [-0.25, -0.2) is 9.98 Å². The first-order valence-electron chi connectivity index (χ1n) is 8.97. The Labute approximate surface area is 154 Å². The zero-order chi connectivity index (χ0) is 18.1. The van der Waals surface area contributed by atoms with Crippen LogP contribution in [0.4, 0.5) is 0 Å². The molecule has 7 heteroatoms. The van der Waals surface area contributed by atoms with Gasteiger partial charge >= 0.3 is 0 Å².